The summed E-state index contributed by atoms with van der Waals surface area (Å²) in [5.41, 5.74) is -1.65. The first-order valence-corrected chi connectivity index (χ1v) is 17.8. The van der Waals surface area contributed by atoms with Gasteiger partial charge in [-0.3, -0.25) is 47.4 Å². The van der Waals surface area contributed by atoms with Gasteiger partial charge in [-0.1, -0.05) is 0 Å². The van der Waals surface area contributed by atoms with E-state index in [1.54, 1.807) is 0 Å². The van der Waals surface area contributed by atoms with Gasteiger partial charge in [-0.15, -0.1) is 22.7 Å². The van der Waals surface area contributed by atoms with Crippen LogP contribution in [0.3, 0.4) is 0 Å². The number of fused-ring (bicyclic) bond motifs is 1. The van der Waals surface area contributed by atoms with Crippen LogP contribution in [-0.2, 0) is 47.1 Å². The van der Waals surface area contributed by atoms with E-state index < -0.39 is 86.0 Å². The van der Waals surface area contributed by atoms with Gasteiger partial charge in [0.05, 0.1) is 30.2 Å². The third-order valence-corrected chi connectivity index (χ3v) is 10.5. The summed E-state index contributed by atoms with van der Waals surface area (Å²) < 4.78 is 54.6. The average molecular weight is 801 g/mol. The summed E-state index contributed by atoms with van der Waals surface area (Å²) in [6.07, 6.45) is 2.46. The van der Waals surface area contributed by atoms with Gasteiger partial charge in [-0.25, -0.2) is 0 Å². The molecule has 2 aromatic heterocycles. The highest BCUT2D eigenvalue weighted by molar-refractivity contribution is 7.85. The summed E-state index contributed by atoms with van der Waals surface area (Å²) in [7, 11) is -1.70. The van der Waals surface area contributed by atoms with E-state index in [2.05, 4.69) is 0 Å². The lowest BCUT2D eigenvalue weighted by atomic mass is 10.2. The van der Waals surface area contributed by atoms with Crippen LogP contribution in [-0.4, -0.2) is 104 Å². The number of thiocarbonyl (C=S) groups is 1. The number of amides is 1. The maximum atomic E-state index is 13.7. The van der Waals surface area contributed by atoms with Gasteiger partial charge >= 0.3 is 23.8 Å². The highest BCUT2D eigenvalue weighted by Crippen LogP contribution is 2.45. The van der Waals surface area contributed by atoms with E-state index in [4.69, 9.17) is 36.3 Å². The van der Waals surface area contributed by atoms with Crippen molar-refractivity contribution in [2.75, 3.05) is 38.0 Å². The number of ether oxygens (including phenoxy) is 4. The number of carbonyl (C=O) groups excluding carboxylic acids is 1. The third-order valence-electron chi connectivity index (χ3n) is 7.10. The van der Waals surface area contributed by atoms with Gasteiger partial charge in [0.15, 0.2) is 17.2 Å². The monoisotopic (exact) mass is 800 g/mol. The molecule has 0 atom stereocenters. The van der Waals surface area contributed by atoms with Crippen LogP contribution in [0.15, 0.2) is 33.7 Å². The maximum Gasteiger partial charge on any atom is 0.323 e. The summed E-state index contributed by atoms with van der Waals surface area (Å²) in [6, 6.07) is 2.95. The topological polar surface area (TPSA) is 271 Å². The van der Waals surface area contributed by atoms with Gasteiger partial charge in [0.25, 0.3) is 26.4 Å². The number of thiazole rings is 2. The number of anilines is 1. The molecule has 5 rings (SSSR count). The van der Waals surface area contributed by atoms with Crippen molar-refractivity contribution in [3.8, 4) is 17.2 Å². The van der Waals surface area contributed by atoms with E-state index in [1.807, 2.05) is 0 Å². The minimum atomic E-state index is -4.45. The second-order valence-electron chi connectivity index (χ2n) is 10.4. The molecular formula is C28H24N4O16S4. The first kappa shape index (κ1) is 37.7. The van der Waals surface area contributed by atoms with Crippen molar-refractivity contribution in [1.29, 1.82) is 0 Å². The quantitative estimate of drug-likeness (QED) is 0.118. The van der Waals surface area contributed by atoms with Crippen molar-refractivity contribution in [2.24, 2.45) is 0 Å². The summed E-state index contributed by atoms with van der Waals surface area (Å²) >= 11 is 6.05. The third kappa shape index (κ3) is 7.54. The molecule has 0 unspecified atom stereocenters. The van der Waals surface area contributed by atoms with Crippen LogP contribution in [0.1, 0.15) is 0 Å². The molecule has 2 aliphatic rings. The molecule has 4 N–H and O–H groups in total. The van der Waals surface area contributed by atoms with Gasteiger partial charge in [-0.2, -0.15) is 8.42 Å². The molecule has 2 aliphatic heterocycles. The van der Waals surface area contributed by atoms with Crippen LogP contribution >= 0.6 is 34.9 Å². The van der Waals surface area contributed by atoms with Crippen LogP contribution in [0.25, 0.3) is 11.8 Å². The summed E-state index contributed by atoms with van der Waals surface area (Å²) in [5, 5.41) is 27.7. The Bertz CT molecular complexity index is 2550. The molecule has 3 aromatic rings. The average Bonchev–Trinajstić information content (AvgIpc) is 3.75. The van der Waals surface area contributed by atoms with Crippen LogP contribution in [0.5, 0.6) is 17.2 Å². The van der Waals surface area contributed by atoms with Crippen LogP contribution in [0.4, 0.5) is 5.69 Å². The zero-order valence-corrected chi connectivity index (χ0v) is 29.7. The number of nitrogens with zero attached hydrogens (tertiary/aromatic N) is 4. The molecule has 20 nitrogen and oxygen atoms in total. The predicted molar refractivity (Wildman–Crippen MR) is 182 cm³/mol. The molecule has 276 valence electrons. The Morgan fingerprint density at radius 1 is 0.846 bits per heavy atom. The van der Waals surface area contributed by atoms with Crippen molar-refractivity contribution in [1.82, 2.24) is 14.0 Å². The smallest absolute Gasteiger partial charge is 0.323 e. The number of carboxylic acids is 3. The first-order valence-electron chi connectivity index (χ1n) is 14.2. The second kappa shape index (κ2) is 14.6. The van der Waals surface area contributed by atoms with E-state index in [1.165, 1.54) is 43.4 Å². The number of methoxy groups -OCH3 is 2. The van der Waals surface area contributed by atoms with Crippen molar-refractivity contribution in [3.63, 3.8) is 0 Å². The minimum Gasteiger partial charge on any atom is -0.493 e. The Morgan fingerprint density at radius 2 is 1.44 bits per heavy atom. The van der Waals surface area contributed by atoms with Gasteiger partial charge in [-0.05, 0) is 18.3 Å². The number of allylic oxidation sites excluding steroid dienone is 1. The van der Waals surface area contributed by atoms with Crippen molar-refractivity contribution in [2.45, 2.75) is 13.1 Å². The molecule has 0 bridgehead atoms. The Morgan fingerprint density at radius 3 is 2.02 bits per heavy atom. The molecule has 1 amide bonds. The van der Waals surface area contributed by atoms with Gasteiger partial charge in [0.2, 0.25) is 11.6 Å². The Balaban J connectivity index is 1.76. The number of aliphatic carboxylic acids is 3. The zero-order chi connectivity index (χ0) is 38.2. The van der Waals surface area contributed by atoms with Gasteiger partial charge in [0.1, 0.15) is 33.5 Å². The highest BCUT2D eigenvalue weighted by Gasteiger charge is 2.37. The fourth-order valence-electron chi connectivity index (χ4n) is 4.91. The lowest BCUT2D eigenvalue weighted by Crippen LogP contribution is -2.35. The van der Waals surface area contributed by atoms with Gasteiger partial charge < -0.3 is 39.2 Å². The first-order chi connectivity index (χ1) is 24.4. The zero-order valence-electron chi connectivity index (χ0n) is 26.5. The largest absolute Gasteiger partial charge is 0.493 e. The van der Waals surface area contributed by atoms with Crippen LogP contribution in [0.2, 0.25) is 0 Å². The van der Waals surface area contributed by atoms with Gasteiger partial charge in [0, 0.05) is 24.8 Å². The predicted octanol–water partition coefficient (Wildman–Crippen LogP) is -1.65. The molecule has 1 saturated heterocycles. The van der Waals surface area contributed by atoms with Crippen LogP contribution in [0, 0.1) is 9.20 Å². The number of hydrogen-bond donors (Lipinski definition) is 4. The minimum absolute atomic E-state index is 0.0366. The van der Waals surface area contributed by atoms with Crippen molar-refractivity contribution >= 4 is 91.5 Å². The van der Waals surface area contributed by atoms with E-state index >= 15 is 0 Å². The molecule has 0 radical (unpaired) electrons. The normalized spacial score (nSPS) is 17.0. The van der Waals surface area contributed by atoms with E-state index in [9.17, 15) is 52.0 Å². The summed E-state index contributed by atoms with van der Waals surface area (Å²) in [6.45, 7) is -3.19. The molecule has 24 heteroatoms. The summed E-state index contributed by atoms with van der Waals surface area (Å²) in [4.78, 5) is 77.1. The molecule has 4 heterocycles. The number of benzene rings is 1. The molecular weight excluding hydrogens is 777 g/mol. The fraction of sp³-hybridized carbons (Fsp3) is 0.250. The lowest BCUT2D eigenvalue weighted by molar-refractivity contribution is -0.140. The standard InChI is InChI=1S/C28H24N4O16S4/c1-45-14-7-12-13(8-15(14)46-2)47-17(29(12)5-6-52(42,43)44)4-3-16-23(39)30(9-18(33)34)27(50-16)22-25(41)31(10-19(35)36)26(51-22)21-24(40)32(11-20(37)38)28(49)48-21/h3-4,7-8H,5-6,9-11H2,1-2H3,(H,33,34)(H,35,36)(H,37,38)(H,42,43,44)/b16-3?,17-4?,26-21?,27-22+. The second-order valence-corrected chi connectivity index (χ2v) is 14.4. The maximum absolute atomic E-state index is 13.7. The summed E-state index contributed by atoms with van der Waals surface area (Å²) in [5.74, 6) is -6.25. The molecule has 0 spiro atoms. The molecule has 0 aliphatic carbocycles. The number of carboxylic acid groups (broad SMARTS) is 3. The fourth-order valence-corrected chi connectivity index (χ4v) is 7.85. The van der Waals surface area contributed by atoms with Crippen molar-refractivity contribution in [3.05, 3.63) is 63.2 Å². The SMILES string of the molecule is COc1cc2c(cc1OC)N(CCS(=O)(=O)O)C(=CC=c1s/c(=c3/sc(=C4OC(=S)N(CC(=O)O)C4=O)n(CC(=O)O)c3=O)n(CC(=O)O)c1=O)O2. The Labute approximate surface area is 302 Å². The molecule has 0 saturated carbocycles. The molecule has 1 fully saturated rings. The van der Waals surface area contributed by atoms with E-state index in [-0.39, 0.29) is 43.4 Å². The highest BCUT2D eigenvalue weighted by atomic mass is 32.2. The van der Waals surface area contributed by atoms with Crippen molar-refractivity contribution < 1.29 is 66.4 Å². The lowest BCUT2D eigenvalue weighted by Gasteiger charge is -2.18. The van der Waals surface area contributed by atoms with E-state index in [0.717, 1.165) is 4.57 Å². The number of rotatable bonds is 12. The Hall–Kier alpha value is -5.56. The molecule has 1 aromatic carbocycles. The molecule has 52 heavy (non-hydrogen) atoms. The van der Waals surface area contributed by atoms with Crippen LogP contribution < -0.4 is 39.4 Å². The number of carbonyl (C=O) groups is 4. The number of hydrogen-bond acceptors (Lipinski definition) is 16. The Kier molecular flexibility index (Phi) is 10.6. The van der Waals surface area contributed by atoms with E-state index in [0.29, 0.717) is 37.8 Å². The number of aromatic nitrogens is 2.